The van der Waals surface area contributed by atoms with Crippen LogP contribution in [0.1, 0.15) is 21.5 Å². The summed E-state index contributed by atoms with van der Waals surface area (Å²) in [5, 5.41) is 3.97. The van der Waals surface area contributed by atoms with E-state index in [4.69, 9.17) is 9.47 Å². The van der Waals surface area contributed by atoms with E-state index >= 15 is 0 Å². The second-order valence-electron chi connectivity index (χ2n) is 8.07. The molecule has 9 nitrogen and oxygen atoms in total. The van der Waals surface area contributed by atoms with Crippen molar-refractivity contribution in [2.24, 2.45) is 5.10 Å². The molecule has 0 fully saturated rings. The van der Waals surface area contributed by atoms with E-state index < -0.39 is 21.9 Å². The van der Waals surface area contributed by atoms with Crippen LogP contribution in [0.15, 0.2) is 84.0 Å². The van der Waals surface area contributed by atoms with Crippen molar-refractivity contribution in [1.29, 1.82) is 0 Å². The van der Waals surface area contributed by atoms with Crippen LogP contribution in [0.5, 0.6) is 5.75 Å². The van der Waals surface area contributed by atoms with Crippen molar-refractivity contribution in [3.8, 4) is 5.75 Å². The van der Waals surface area contributed by atoms with E-state index in [9.17, 15) is 18.0 Å². The molecule has 0 bridgehead atoms. The summed E-state index contributed by atoms with van der Waals surface area (Å²) in [5.74, 6) is 0.365. The van der Waals surface area contributed by atoms with E-state index in [1.807, 2.05) is 36.6 Å². The second kappa shape index (κ2) is 14.2. The lowest BCUT2D eigenvalue weighted by Crippen LogP contribution is -2.29. The summed E-state index contributed by atoms with van der Waals surface area (Å²) >= 11 is 1.59. The monoisotopic (exact) mass is 555 g/mol. The molecule has 0 unspecified atom stereocenters. The lowest BCUT2D eigenvalue weighted by Gasteiger charge is -2.22. The summed E-state index contributed by atoms with van der Waals surface area (Å²) in [6, 6.07) is 22.3. The number of benzene rings is 3. The Morgan fingerprint density at radius 1 is 1.00 bits per heavy atom. The second-order valence-corrected chi connectivity index (χ2v) is 11.0. The summed E-state index contributed by atoms with van der Waals surface area (Å²) in [4.78, 5) is 24.1. The molecule has 200 valence electrons. The van der Waals surface area contributed by atoms with Gasteiger partial charge in [-0.3, -0.25) is 9.10 Å². The van der Waals surface area contributed by atoms with Gasteiger partial charge in [0.2, 0.25) is 10.0 Å². The topological polar surface area (TPSA) is 114 Å². The highest BCUT2D eigenvalue weighted by molar-refractivity contribution is 7.98. The first-order chi connectivity index (χ1) is 18.3. The Morgan fingerprint density at radius 3 is 2.32 bits per heavy atom. The quantitative estimate of drug-likeness (QED) is 0.148. The summed E-state index contributed by atoms with van der Waals surface area (Å²) < 4.78 is 36.4. The SMILES string of the molecule is CSCCOC(=O)COc1ccc(/C=N\NC(=O)c2ccc(N(Cc3ccccc3)S(C)(=O)=O)cc2)cc1. The van der Waals surface area contributed by atoms with Crippen molar-refractivity contribution in [1.82, 2.24) is 5.43 Å². The van der Waals surface area contributed by atoms with E-state index in [-0.39, 0.29) is 13.2 Å². The van der Waals surface area contributed by atoms with Gasteiger partial charge in [0.05, 0.1) is 24.7 Å². The van der Waals surface area contributed by atoms with Crippen LogP contribution < -0.4 is 14.5 Å². The first kappa shape index (κ1) is 28.7. The zero-order valence-electron chi connectivity index (χ0n) is 21.1. The minimum atomic E-state index is -3.53. The first-order valence-electron chi connectivity index (χ1n) is 11.6. The van der Waals surface area contributed by atoms with Crippen LogP contribution in [0, 0.1) is 0 Å². The maximum atomic E-state index is 12.5. The van der Waals surface area contributed by atoms with Crippen molar-refractivity contribution < 1.29 is 27.5 Å². The molecule has 0 aliphatic rings. The van der Waals surface area contributed by atoms with Crippen LogP contribution in [-0.4, -0.2) is 58.0 Å². The normalized spacial score (nSPS) is 11.2. The number of nitrogens with one attached hydrogen (secondary N) is 1. The van der Waals surface area contributed by atoms with Gasteiger partial charge in [-0.25, -0.2) is 18.6 Å². The minimum absolute atomic E-state index is 0.176. The van der Waals surface area contributed by atoms with Crippen LogP contribution >= 0.6 is 11.8 Å². The van der Waals surface area contributed by atoms with Crippen LogP contribution in [-0.2, 0) is 26.1 Å². The van der Waals surface area contributed by atoms with E-state index in [0.717, 1.165) is 17.6 Å². The number of hydrazone groups is 1. The number of carbonyl (C=O) groups is 2. The number of amides is 1. The maximum absolute atomic E-state index is 12.5. The molecule has 3 aromatic rings. The van der Waals surface area contributed by atoms with E-state index in [1.54, 1.807) is 60.3 Å². The Balaban J connectivity index is 1.53. The van der Waals surface area contributed by atoms with Gasteiger partial charge < -0.3 is 9.47 Å². The molecule has 0 atom stereocenters. The number of rotatable bonds is 13. The van der Waals surface area contributed by atoms with Crippen LogP contribution in [0.2, 0.25) is 0 Å². The van der Waals surface area contributed by atoms with Crippen molar-refractivity contribution in [2.45, 2.75) is 6.54 Å². The standard InChI is InChI=1S/C27H29N3O6S2/c1-37-17-16-35-26(31)20-36-25-14-8-21(9-15-25)18-28-29-27(32)23-10-12-24(13-11-23)30(38(2,33)34)19-22-6-4-3-5-7-22/h3-15,18H,16-17,19-20H2,1-2H3,(H,29,32)/b28-18-. The molecule has 1 N–H and O–H groups in total. The third-order valence-electron chi connectivity index (χ3n) is 5.15. The minimum Gasteiger partial charge on any atom is -0.482 e. The number of sulfonamides is 1. The third kappa shape index (κ3) is 9.24. The molecular formula is C27H29N3O6S2. The highest BCUT2D eigenvalue weighted by Crippen LogP contribution is 2.21. The number of nitrogens with zero attached hydrogens (tertiary/aromatic N) is 2. The summed E-state index contributed by atoms with van der Waals surface area (Å²) in [6.07, 6.45) is 4.55. The van der Waals surface area contributed by atoms with Gasteiger partial charge in [-0.05, 0) is 65.9 Å². The van der Waals surface area contributed by atoms with Crippen molar-refractivity contribution in [3.05, 3.63) is 95.6 Å². The van der Waals surface area contributed by atoms with Gasteiger partial charge in [-0.1, -0.05) is 30.3 Å². The Hall–Kier alpha value is -3.83. The van der Waals surface area contributed by atoms with Crippen molar-refractivity contribution >= 4 is 45.6 Å². The maximum Gasteiger partial charge on any atom is 0.344 e. The van der Waals surface area contributed by atoms with Gasteiger partial charge in [0.15, 0.2) is 6.61 Å². The van der Waals surface area contributed by atoms with Crippen molar-refractivity contribution in [2.75, 3.05) is 35.8 Å². The lowest BCUT2D eigenvalue weighted by atomic mass is 10.2. The molecule has 0 aliphatic carbocycles. The summed E-state index contributed by atoms with van der Waals surface area (Å²) in [6.45, 7) is 0.356. The van der Waals surface area contributed by atoms with Gasteiger partial charge in [0.1, 0.15) is 12.4 Å². The molecule has 0 saturated heterocycles. The Labute approximate surface area is 226 Å². The summed E-state index contributed by atoms with van der Waals surface area (Å²) in [7, 11) is -3.53. The fourth-order valence-corrected chi connectivity index (χ4v) is 4.37. The Bertz CT molecular complexity index is 1330. The molecule has 0 radical (unpaired) electrons. The number of carbonyl (C=O) groups excluding carboxylic acids is 2. The highest BCUT2D eigenvalue weighted by Gasteiger charge is 2.18. The third-order valence-corrected chi connectivity index (χ3v) is 6.87. The van der Waals surface area contributed by atoms with Gasteiger partial charge in [0, 0.05) is 11.3 Å². The van der Waals surface area contributed by atoms with Gasteiger partial charge in [0.25, 0.3) is 5.91 Å². The van der Waals surface area contributed by atoms with Crippen LogP contribution in [0.4, 0.5) is 5.69 Å². The highest BCUT2D eigenvalue weighted by atomic mass is 32.2. The van der Waals surface area contributed by atoms with Crippen LogP contribution in [0.3, 0.4) is 0 Å². The molecule has 0 spiro atoms. The largest absolute Gasteiger partial charge is 0.482 e. The van der Waals surface area contributed by atoms with Crippen molar-refractivity contribution in [3.63, 3.8) is 0 Å². The van der Waals surface area contributed by atoms with Gasteiger partial charge in [-0.2, -0.15) is 16.9 Å². The number of hydrogen-bond donors (Lipinski definition) is 1. The molecule has 1 amide bonds. The number of anilines is 1. The van der Waals surface area contributed by atoms with Gasteiger partial charge >= 0.3 is 5.97 Å². The zero-order valence-corrected chi connectivity index (χ0v) is 22.7. The molecular weight excluding hydrogens is 526 g/mol. The number of ether oxygens (including phenoxy) is 2. The fourth-order valence-electron chi connectivity index (χ4n) is 3.23. The van der Waals surface area contributed by atoms with Crippen LogP contribution in [0.25, 0.3) is 0 Å². The Morgan fingerprint density at radius 2 is 1.68 bits per heavy atom. The Kier molecular flexibility index (Phi) is 10.7. The van der Waals surface area contributed by atoms with E-state index in [2.05, 4.69) is 10.5 Å². The molecule has 0 aliphatic heterocycles. The predicted octanol–water partition coefficient (Wildman–Crippen LogP) is 3.70. The predicted molar refractivity (Wildman–Crippen MR) is 150 cm³/mol. The van der Waals surface area contributed by atoms with E-state index in [0.29, 0.717) is 29.2 Å². The van der Waals surface area contributed by atoms with Gasteiger partial charge in [-0.15, -0.1) is 0 Å². The number of esters is 1. The molecule has 3 aromatic carbocycles. The van der Waals surface area contributed by atoms with E-state index in [1.165, 1.54) is 10.5 Å². The lowest BCUT2D eigenvalue weighted by molar-refractivity contribution is -0.145. The molecule has 0 heterocycles. The number of hydrogen-bond acceptors (Lipinski definition) is 8. The molecule has 3 rings (SSSR count). The molecule has 0 aromatic heterocycles. The first-order valence-corrected chi connectivity index (χ1v) is 14.8. The fraction of sp³-hybridized carbons (Fsp3) is 0.222. The molecule has 11 heteroatoms. The summed E-state index contributed by atoms with van der Waals surface area (Å²) in [5.41, 5.74) is 4.78. The average molecular weight is 556 g/mol. The number of thioether (sulfide) groups is 1. The average Bonchev–Trinajstić information content (AvgIpc) is 2.91. The molecule has 38 heavy (non-hydrogen) atoms. The smallest absolute Gasteiger partial charge is 0.344 e. The zero-order chi connectivity index (χ0) is 27.4. The molecule has 0 saturated carbocycles.